The number of hydrogen-bond acceptors (Lipinski definition) is 4. The number of non-ortho nitro benzene ring substituents is 1. The molecule has 1 aromatic rings. The molecule has 1 heterocycles. The largest absolute Gasteiger partial charge is 0.331 e. The zero-order valence-corrected chi connectivity index (χ0v) is 14.6. The molecule has 2 rings (SSSR count). The van der Waals surface area contributed by atoms with Gasteiger partial charge in [0.15, 0.2) is 0 Å². The van der Waals surface area contributed by atoms with Crippen LogP contribution >= 0.6 is 0 Å². The van der Waals surface area contributed by atoms with Gasteiger partial charge in [-0.2, -0.15) is 0 Å². The highest BCUT2D eigenvalue weighted by Crippen LogP contribution is 2.20. The van der Waals surface area contributed by atoms with Gasteiger partial charge in [-0.15, -0.1) is 0 Å². The number of benzene rings is 1. The number of nitrogens with one attached hydrogen (secondary N) is 1. The molecule has 132 valence electrons. The molecular formula is C17H26N4O3. The van der Waals surface area contributed by atoms with Crippen molar-refractivity contribution in [3.63, 3.8) is 0 Å². The molecule has 2 amide bonds. The Bertz CT molecular complexity index is 589. The van der Waals surface area contributed by atoms with Gasteiger partial charge in [0.25, 0.3) is 5.69 Å². The predicted molar refractivity (Wildman–Crippen MR) is 92.9 cm³/mol. The Morgan fingerprint density at radius 3 is 2.79 bits per heavy atom. The topological polar surface area (TPSA) is 78.7 Å². The maximum Gasteiger partial charge on any atom is 0.317 e. The van der Waals surface area contributed by atoms with E-state index in [0.717, 1.165) is 38.2 Å². The van der Waals surface area contributed by atoms with Crippen molar-refractivity contribution < 1.29 is 9.72 Å². The molecule has 1 aliphatic rings. The van der Waals surface area contributed by atoms with Crippen molar-refractivity contribution in [3.05, 3.63) is 39.9 Å². The first-order valence-electron chi connectivity index (χ1n) is 8.50. The number of urea groups is 1. The van der Waals surface area contributed by atoms with E-state index in [0.29, 0.717) is 6.04 Å². The minimum absolute atomic E-state index is 0.0383. The zero-order chi connectivity index (χ0) is 17.7. The van der Waals surface area contributed by atoms with Crippen LogP contribution in [0.4, 0.5) is 10.5 Å². The molecule has 1 aliphatic heterocycles. The normalized spacial score (nSPS) is 18.7. The number of rotatable bonds is 6. The summed E-state index contributed by atoms with van der Waals surface area (Å²) in [5.41, 5.74) is 0.772. The molecule has 0 bridgehead atoms. The lowest BCUT2D eigenvalue weighted by atomic mass is 10.1. The lowest BCUT2D eigenvalue weighted by Crippen LogP contribution is -2.42. The van der Waals surface area contributed by atoms with Gasteiger partial charge in [-0.05, 0) is 32.0 Å². The van der Waals surface area contributed by atoms with E-state index < -0.39 is 4.92 Å². The van der Waals surface area contributed by atoms with E-state index in [-0.39, 0.29) is 17.8 Å². The molecule has 0 radical (unpaired) electrons. The summed E-state index contributed by atoms with van der Waals surface area (Å²) in [4.78, 5) is 27.1. The molecule has 1 N–H and O–H groups in total. The van der Waals surface area contributed by atoms with Crippen LogP contribution in [0, 0.1) is 10.1 Å². The fraction of sp³-hybridized carbons (Fsp3) is 0.588. The van der Waals surface area contributed by atoms with Crippen LogP contribution in [0.5, 0.6) is 0 Å². The van der Waals surface area contributed by atoms with Crippen LogP contribution in [-0.4, -0.2) is 53.0 Å². The third-order valence-electron chi connectivity index (χ3n) is 4.70. The van der Waals surface area contributed by atoms with Crippen molar-refractivity contribution >= 4 is 11.7 Å². The summed E-state index contributed by atoms with van der Waals surface area (Å²) >= 11 is 0. The first-order valence-corrected chi connectivity index (χ1v) is 8.50. The molecule has 0 unspecified atom stereocenters. The number of hydrogen-bond donors (Lipinski definition) is 1. The number of amides is 2. The summed E-state index contributed by atoms with van der Waals surface area (Å²) in [5, 5.41) is 13.8. The Labute approximate surface area is 142 Å². The summed E-state index contributed by atoms with van der Waals surface area (Å²) < 4.78 is 0. The van der Waals surface area contributed by atoms with Gasteiger partial charge in [0.05, 0.1) is 11.0 Å². The SMILES string of the molecule is CCN(CC)[C@H]1CCN(C(=O)N[C@@H](C)c2cccc([N+](=O)[O-])c2)C1. The smallest absolute Gasteiger partial charge is 0.317 e. The standard InChI is InChI=1S/C17H26N4O3/c1-4-19(5-2)16-9-10-20(12-16)17(22)18-13(3)14-7-6-8-15(11-14)21(23)24/h6-8,11,13,16H,4-5,9-10,12H2,1-3H3,(H,18,22)/t13-,16-/m0/s1. The van der Waals surface area contributed by atoms with Crippen molar-refractivity contribution in [1.82, 2.24) is 15.1 Å². The van der Waals surface area contributed by atoms with Gasteiger partial charge in [-0.3, -0.25) is 15.0 Å². The van der Waals surface area contributed by atoms with E-state index in [9.17, 15) is 14.9 Å². The average molecular weight is 334 g/mol. The van der Waals surface area contributed by atoms with Gasteiger partial charge in [-0.1, -0.05) is 26.0 Å². The summed E-state index contributed by atoms with van der Waals surface area (Å²) in [6.07, 6.45) is 0.986. The van der Waals surface area contributed by atoms with Crippen LogP contribution < -0.4 is 5.32 Å². The van der Waals surface area contributed by atoms with Crippen LogP contribution in [0.15, 0.2) is 24.3 Å². The van der Waals surface area contributed by atoms with Crippen LogP contribution in [0.2, 0.25) is 0 Å². The summed E-state index contributed by atoms with van der Waals surface area (Å²) in [6.45, 7) is 9.56. The predicted octanol–water partition coefficient (Wildman–Crippen LogP) is 2.78. The maximum absolute atomic E-state index is 12.5. The molecule has 7 nitrogen and oxygen atoms in total. The van der Waals surface area contributed by atoms with Crippen LogP contribution in [0.3, 0.4) is 0 Å². The van der Waals surface area contributed by atoms with Gasteiger partial charge >= 0.3 is 6.03 Å². The van der Waals surface area contributed by atoms with E-state index in [1.807, 2.05) is 11.8 Å². The first kappa shape index (κ1) is 18.2. The molecule has 0 spiro atoms. The molecule has 1 fully saturated rings. The van der Waals surface area contributed by atoms with Crippen molar-refractivity contribution in [2.75, 3.05) is 26.2 Å². The fourth-order valence-electron chi connectivity index (χ4n) is 3.23. The highest BCUT2D eigenvalue weighted by atomic mass is 16.6. The van der Waals surface area contributed by atoms with E-state index in [1.165, 1.54) is 12.1 Å². The highest BCUT2D eigenvalue weighted by molar-refractivity contribution is 5.75. The zero-order valence-electron chi connectivity index (χ0n) is 14.6. The number of likely N-dealkylation sites (tertiary alicyclic amines) is 1. The van der Waals surface area contributed by atoms with Gasteiger partial charge in [0.1, 0.15) is 0 Å². The number of nitro benzene ring substituents is 1. The van der Waals surface area contributed by atoms with E-state index in [1.54, 1.807) is 12.1 Å². The van der Waals surface area contributed by atoms with Gasteiger partial charge < -0.3 is 10.2 Å². The van der Waals surface area contributed by atoms with Crippen molar-refractivity contribution in [2.24, 2.45) is 0 Å². The van der Waals surface area contributed by atoms with Crippen LogP contribution in [0.25, 0.3) is 0 Å². The molecule has 0 aromatic heterocycles. The number of carbonyl (C=O) groups is 1. The Morgan fingerprint density at radius 2 is 2.17 bits per heavy atom. The highest BCUT2D eigenvalue weighted by Gasteiger charge is 2.29. The minimum Gasteiger partial charge on any atom is -0.331 e. The van der Waals surface area contributed by atoms with Crippen molar-refractivity contribution in [2.45, 2.75) is 39.3 Å². The molecule has 24 heavy (non-hydrogen) atoms. The summed E-state index contributed by atoms with van der Waals surface area (Å²) in [5.74, 6) is 0. The van der Waals surface area contributed by atoms with Crippen LogP contribution in [-0.2, 0) is 0 Å². The van der Waals surface area contributed by atoms with Crippen molar-refractivity contribution in [3.8, 4) is 0 Å². The van der Waals surface area contributed by atoms with Crippen molar-refractivity contribution in [1.29, 1.82) is 0 Å². The van der Waals surface area contributed by atoms with E-state index in [2.05, 4.69) is 24.1 Å². The lowest BCUT2D eigenvalue weighted by molar-refractivity contribution is -0.384. The fourth-order valence-corrected chi connectivity index (χ4v) is 3.23. The first-order chi connectivity index (χ1) is 11.5. The molecular weight excluding hydrogens is 308 g/mol. The summed E-state index contributed by atoms with van der Waals surface area (Å²) in [7, 11) is 0. The number of nitrogens with zero attached hydrogens (tertiary/aromatic N) is 3. The Kier molecular flexibility index (Phi) is 6.14. The monoisotopic (exact) mass is 334 g/mol. The van der Waals surface area contributed by atoms with Gasteiger partial charge in [-0.25, -0.2) is 4.79 Å². The third kappa shape index (κ3) is 4.23. The average Bonchev–Trinajstić information content (AvgIpc) is 3.06. The quantitative estimate of drug-likeness (QED) is 0.641. The minimum atomic E-state index is -0.423. The lowest BCUT2D eigenvalue weighted by Gasteiger charge is -2.26. The molecule has 0 aliphatic carbocycles. The number of carbonyl (C=O) groups excluding carboxylic acids is 1. The second-order valence-electron chi connectivity index (χ2n) is 6.13. The van der Waals surface area contributed by atoms with E-state index in [4.69, 9.17) is 0 Å². The number of nitro groups is 1. The Morgan fingerprint density at radius 1 is 1.46 bits per heavy atom. The van der Waals surface area contributed by atoms with Gasteiger partial charge in [0.2, 0.25) is 0 Å². The Balaban J connectivity index is 1.95. The third-order valence-corrected chi connectivity index (χ3v) is 4.70. The second kappa shape index (κ2) is 8.10. The Hall–Kier alpha value is -2.15. The molecule has 0 saturated carbocycles. The second-order valence-corrected chi connectivity index (χ2v) is 6.13. The molecule has 1 saturated heterocycles. The van der Waals surface area contributed by atoms with Crippen LogP contribution in [0.1, 0.15) is 38.8 Å². The molecule has 1 aromatic carbocycles. The number of likely N-dealkylation sites (N-methyl/N-ethyl adjacent to an activating group) is 1. The molecule has 2 atom stereocenters. The van der Waals surface area contributed by atoms with Gasteiger partial charge in [0, 0.05) is 31.3 Å². The maximum atomic E-state index is 12.5. The summed E-state index contributed by atoms with van der Waals surface area (Å²) in [6, 6.07) is 6.43. The van der Waals surface area contributed by atoms with E-state index >= 15 is 0 Å². The molecule has 7 heteroatoms.